The van der Waals surface area contributed by atoms with Crippen LogP contribution in [0.25, 0.3) is 0 Å². The molecule has 0 spiro atoms. The van der Waals surface area contributed by atoms with Gasteiger partial charge in [0.15, 0.2) is 6.61 Å². The summed E-state index contributed by atoms with van der Waals surface area (Å²) < 4.78 is 10.8. The van der Waals surface area contributed by atoms with E-state index in [1.165, 1.54) is 18.9 Å². The number of carbonyl (C=O) groups is 5. The van der Waals surface area contributed by atoms with Crippen LogP contribution in [0.3, 0.4) is 0 Å². The molecule has 3 aliphatic heterocycles. The summed E-state index contributed by atoms with van der Waals surface area (Å²) in [5.74, 6) is -0.714. The molecule has 0 aromatic heterocycles. The van der Waals surface area contributed by atoms with Crippen molar-refractivity contribution in [2.24, 2.45) is 11.8 Å². The topological polar surface area (TPSA) is 146 Å². The molecule has 0 unspecified atom stereocenters. The van der Waals surface area contributed by atoms with Gasteiger partial charge in [0.1, 0.15) is 17.8 Å². The SMILES string of the molecule is COCCN1CC(=O)N[C@H](C(=O)N2CCC(CNC(C)=O)CC2)Cc2ccc(cc2)OCC(=O)N[C@@H](CC(C)C)C1=O. The molecule has 0 radical (unpaired) electrons. The summed E-state index contributed by atoms with van der Waals surface area (Å²) in [5.41, 5.74) is 0.808. The molecule has 42 heavy (non-hydrogen) atoms. The second-order valence-corrected chi connectivity index (χ2v) is 11.5. The molecule has 232 valence electrons. The largest absolute Gasteiger partial charge is 0.484 e. The zero-order valence-corrected chi connectivity index (χ0v) is 25.1. The van der Waals surface area contributed by atoms with Crippen molar-refractivity contribution >= 4 is 29.5 Å². The molecule has 3 N–H and O–H groups in total. The highest BCUT2D eigenvalue weighted by Gasteiger charge is 2.32. The van der Waals surface area contributed by atoms with Crippen molar-refractivity contribution in [3.05, 3.63) is 29.8 Å². The van der Waals surface area contributed by atoms with E-state index in [0.29, 0.717) is 31.8 Å². The van der Waals surface area contributed by atoms with Crippen molar-refractivity contribution in [2.75, 3.05) is 53.0 Å². The Hall–Kier alpha value is -3.67. The van der Waals surface area contributed by atoms with Crippen molar-refractivity contribution in [2.45, 2.75) is 58.5 Å². The predicted octanol–water partition coefficient (Wildman–Crippen LogP) is 0.487. The van der Waals surface area contributed by atoms with Gasteiger partial charge in [-0.2, -0.15) is 0 Å². The number of likely N-dealkylation sites (tertiary alicyclic amines) is 1. The molecule has 1 aromatic rings. The molecule has 3 aliphatic rings. The number of nitrogens with zero attached hydrogens (tertiary/aromatic N) is 2. The average molecular weight is 588 g/mol. The lowest BCUT2D eigenvalue weighted by molar-refractivity contribution is -0.142. The molecule has 5 amide bonds. The first kappa shape index (κ1) is 32.8. The van der Waals surface area contributed by atoms with E-state index in [9.17, 15) is 24.0 Å². The van der Waals surface area contributed by atoms with E-state index in [1.807, 2.05) is 13.8 Å². The first-order valence-corrected chi connectivity index (χ1v) is 14.7. The van der Waals surface area contributed by atoms with Gasteiger partial charge in [-0.1, -0.05) is 26.0 Å². The number of hydrogen-bond donors (Lipinski definition) is 3. The number of nitrogens with one attached hydrogen (secondary N) is 3. The summed E-state index contributed by atoms with van der Waals surface area (Å²) >= 11 is 0. The Morgan fingerprint density at radius 2 is 1.76 bits per heavy atom. The second-order valence-electron chi connectivity index (χ2n) is 11.5. The number of hydrogen-bond acceptors (Lipinski definition) is 7. The molecule has 1 aromatic carbocycles. The van der Waals surface area contributed by atoms with E-state index in [-0.39, 0.29) is 56.4 Å². The summed E-state index contributed by atoms with van der Waals surface area (Å²) in [6.45, 7) is 6.80. The highest BCUT2D eigenvalue weighted by molar-refractivity contribution is 5.93. The van der Waals surface area contributed by atoms with Crippen molar-refractivity contribution < 1.29 is 33.4 Å². The maximum Gasteiger partial charge on any atom is 0.258 e. The highest BCUT2D eigenvalue weighted by atomic mass is 16.5. The molecular formula is C30H45N5O7. The Balaban J connectivity index is 1.83. The predicted molar refractivity (Wildman–Crippen MR) is 155 cm³/mol. The smallest absolute Gasteiger partial charge is 0.258 e. The van der Waals surface area contributed by atoms with Gasteiger partial charge in [-0.25, -0.2) is 0 Å². The van der Waals surface area contributed by atoms with Gasteiger partial charge in [0.25, 0.3) is 5.91 Å². The van der Waals surface area contributed by atoms with Gasteiger partial charge in [0.05, 0.1) is 13.2 Å². The third kappa shape index (κ3) is 10.3. The number of carbonyl (C=O) groups excluding carboxylic acids is 5. The van der Waals surface area contributed by atoms with Crippen molar-refractivity contribution in [3.63, 3.8) is 0 Å². The normalized spacial score (nSPS) is 21.1. The third-order valence-electron chi connectivity index (χ3n) is 7.48. The second kappa shape index (κ2) is 16.1. The van der Waals surface area contributed by atoms with Crippen LogP contribution < -0.4 is 20.7 Å². The van der Waals surface area contributed by atoms with Gasteiger partial charge in [-0.15, -0.1) is 0 Å². The van der Waals surface area contributed by atoms with Crippen LogP contribution in [0.2, 0.25) is 0 Å². The number of benzene rings is 1. The molecule has 4 rings (SSSR count). The van der Waals surface area contributed by atoms with Crippen LogP contribution in [0, 0.1) is 11.8 Å². The molecular weight excluding hydrogens is 542 g/mol. The Labute approximate surface area is 247 Å². The summed E-state index contributed by atoms with van der Waals surface area (Å²) in [6, 6.07) is 5.36. The number of rotatable bonds is 8. The maximum absolute atomic E-state index is 13.7. The Morgan fingerprint density at radius 3 is 2.38 bits per heavy atom. The minimum absolute atomic E-state index is 0.0744. The van der Waals surface area contributed by atoms with Crippen LogP contribution in [0.1, 0.15) is 45.6 Å². The van der Waals surface area contributed by atoms with Gasteiger partial charge >= 0.3 is 0 Å². The average Bonchev–Trinajstić information content (AvgIpc) is 2.96. The van der Waals surface area contributed by atoms with Gasteiger partial charge in [0.2, 0.25) is 23.6 Å². The fraction of sp³-hybridized carbons (Fsp3) is 0.633. The third-order valence-corrected chi connectivity index (χ3v) is 7.48. The van der Waals surface area contributed by atoms with E-state index in [2.05, 4.69) is 16.0 Å². The molecule has 1 saturated heterocycles. The molecule has 12 heteroatoms. The number of methoxy groups -OCH3 is 1. The number of fused-ring (bicyclic) bond motifs is 13. The van der Waals surface area contributed by atoms with Crippen LogP contribution in [-0.4, -0.2) is 104 Å². The quantitative estimate of drug-likeness (QED) is 0.375. The van der Waals surface area contributed by atoms with E-state index in [0.717, 1.165) is 18.4 Å². The number of amides is 5. The first-order chi connectivity index (χ1) is 20.0. The zero-order valence-electron chi connectivity index (χ0n) is 25.1. The van der Waals surface area contributed by atoms with Gasteiger partial charge in [-0.05, 0) is 48.8 Å². The van der Waals surface area contributed by atoms with E-state index in [4.69, 9.17) is 9.47 Å². The minimum atomic E-state index is -0.850. The number of ether oxygens (including phenoxy) is 2. The fourth-order valence-corrected chi connectivity index (χ4v) is 5.20. The zero-order chi connectivity index (χ0) is 30.6. The van der Waals surface area contributed by atoms with Crippen molar-refractivity contribution in [1.82, 2.24) is 25.8 Å². The molecule has 12 nitrogen and oxygen atoms in total. The van der Waals surface area contributed by atoms with E-state index in [1.54, 1.807) is 29.2 Å². The van der Waals surface area contributed by atoms with E-state index < -0.39 is 29.8 Å². The first-order valence-electron chi connectivity index (χ1n) is 14.7. The molecule has 1 fully saturated rings. The van der Waals surface area contributed by atoms with Crippen LogP contribution in [0.15, 0.2) is 24.3 Å². The van der Waals surface area contributed by atoms with Crippen molar-refractivity contribution in [3.8, 4) is 5.75 Å². The van der Waals surface area contributed by atoms with E-state index >= 15 is 0 Å². The lowest BCUT2D eigenvalue weighted by Gasteiger charge is -2.35. The number of piperidine rings is 1. The lowest BCUT2D eigenvalue weighted by Crippen LogP contribution is -2.56. The van der Waals surface area contributed by atoms with Crippen LogP contribution in [0.4, 0.5) is 0 Å². The van der Waals surface area contributed by atoms with Crippen molar-refractivity contribution in [1.29, 1.82) is 0 Å². The maximum atomic E-state index is 13.7. The monoisotopic (exact) mass is 587 g/mol. The van der Waals surface area contributed by atoms with Crippen LogP contribution in [-0.2, 0) is 35.1 Å². The van der Waals surface area contributed by atoms with Gasteiger partial charge < -0.3 is 35.2 Å². The summed E-state index contributed by atoms with van der Waals surface area (Å²) in [6.07, 6.45) is 2.13. The molecule has 3 heterocycles. The Kier molecular flexibility index (Phi) is 12.6. The minimum Gasteiger partial charge on any atom is -0.484 e. The Morgan fingerprint density at radius 1 is 1.07 bits per heavy atom. The molecule has 0 saturated carbocycles. The lowest BCUT2D eigenvalue weighted by atomic mass is 9.95. The Bertz CT molecular complexity index is 1090. The highest BCUT2D eigenvalue weighted by Crippen LogP contribution is 2.19. The molecule has 0 aliphatic carbocycles. The van der Waals surface area contributed by atoms with Gasteiger partial charge in [0, 0.05) is 46.6 Å². The van der Waals surface area contributed by atoms with Gasteiger partial charge in [-0.3, -0.25) is 24.0 Å². The van der Waals surface area contributed by atoms with Crippen LogP contribution >= 0.6 is 0 Å². The standard InChI is InChI=1S/C30H45N5O7/c1-20(2)15-25-30(40)35(13-14-41-4)18-27(37)32-26(16-22-5-7-24(8-6-22)42-19-28(38)33-25)29(39)34-11-9-23(10-12-34)17-31-21(3)36/h5-8,20,23,25-26H,9-19H2,1-4H3,(H,31,36)(H,32,37)(H,33,38)/t25-,26-/m0/s1. The molecule has 2 atom stereocenters. The summed E-state index contributed by atoms with van der Waals surface area (Å²) in [4.78, 5) is 67.8. The molecule has 2 bridgehead atoms. The summed E-state index contributed by atoms with van der Waals surface area (Å²) in [7, 11) is 1.50. The van der Waals surface area contributed by atoms with Crippen LogP contribution in [0.5, 0.6) is 5.75 Å². The summed E-state index contributed by atoms with van der Waals surface area (Å²) in [5, 5.41) is 8.50. The fourth-order valence-electron chi connectivity index (χ4n) is 5.20.